The molecule has 4 nitrogen and oxygen atoms in total. The second kappa shape index (κ2) is 7.34. The summed E-state index contributed by atoms with van der Waals surface area (Å²) in [5, 5.41) is 11.3. The van der Waals surface area contributed by atoms with Crippen LogP contribution in [0.5, 0.6) is 0 Å². The molecule has 0 saturated carbocycles. The Morgan fingerprint density at radius 1 is 0.929 bits per heavy atom. The minimum absolute atomic E-state index is 0.267. The molecule has 1 amide bonds. The van der Waals surface area contributed by atoms with Crippen LogP contribution in [0, 0.1) is 0 Å². The largest absolute Gasteiger partial charge is 0.375 e. The van der Waals surface area contributed by atoms with Gasteiger partial charge >= 0.3 is 0 Å². The summed E-state index contributed by atoms with van der Waals surface area (Å²) in [6.45, 7) is 0.324. The Morgan fingerprint density at radius 3 is 2.29 bits per heavy atom. The second-order valence-electron chi connectivity index (χ2n) is 6.86. The molecule has 0 aromatic heterocycles. The lowest BCUT2D eigenvalue weighted by Crippen LogP contribution is -2.41. The first-order valence-corrected chi connectivity index (χ1v) is 9.75. The van der Waals surface area contributed by atoms with Gasteiger partial charge in [0.15, 0.2) is 11.4 Å². The molecule has 3 aromatic rings. The normalized spacial score (nSPS) is 18.2. The summed E-state index contributed by atoms with van der Waals surface area (Å²) in [6, 6.07) is 23.5. The van der Waals surface area contributed by atoms with Crippen LogP contribution >= 0.6 is 15.9 Å². The van der Waals surface area contributed by atoms with Crippen molar-refractivity contribution in [2.45, 2.75) is 18.6 Å². The van der Waals surface area contributed by atoms with E-state index < -0.39 is 11.5 Å². The molecule has 0 aliphatic carbocycles. The van der Waals surface area contributed by atoms with Crippen LogP contribution < -0.4 is 4.90 Å². The molecule has 5 heteroatoms. The summed E-state index contributed by atoms with van der Waals surface area (Å²) in [4.78, 5) is 27.5. The summed E-state index contributed by atoms with van der Waals surface area (Å²) >= 11 is 3.41. The monoisotopic (exact) mass is 435 g/mol. The number of ketones is 1. The molecule has 0 bridgehead atoms. The summed E-state index contributed by atoms with van der Waals surface area (Å²) in [5.74, 6) is -0.738. The van der Waals surface area contributed by atoms with Crippen LogP contribution in [0.3, 0.4) is 0 Å². The molecule has 1 aliphatic rings. The topological polar surface area (TPSA) is 57.6 Å². The van der Waals surface area contributed by atoms with Gasteiger partial charge in [-0.3, -0.25) is 9.59 Å². The van der Waals surface area contributed by atoms with Crippen molar-refractivity contribution < 1.29 is 14.7 Å². The molecule has 4 rings (SSSR count). The first kappa shape index (κ1) is 18.6. The first-order chi connectivity index (χ1) is 13.5. The maximum absolute atomic E-state index is 13.2. The SMILES string of the molecule is O=C(C[C@@]1(O)C(=O)N(Cc2ccc(Br)cc2)c2ccccc21)c1ccccc1. The Labute approximate surface area is 171 Å². The van der Waals surface area contributed by atoms with Crippen molar-refractivity contribution in [3.8, 4) is 0 Å². The van der Waals surface area contributed by atoms with Gasteiger partial charge in [0.2, 0.25) is 0 Å². The third-order valence-corrected chi connectivity index (χ3v) is 5.53. The zero-order valence-electron chi connectivity index (χ0n) is 15.0. The first-order valence-electron chi connectivity index (χ1n) is 8.95. The van der Waals surface area contributed by atoms with E-state index in [1.54, 1.807) is 47.4 Å². The molecule has 0 unspecified atom stereocenters. The van der Waals surface area contributed by atoms with E-state index in [0.717, 1.165) is 10.0 Å². The second-order valence-corrected chi connectivity index (χ2v) is 7.78. The molecule has 0 spiro atoms. The Bertz CT molecular complexity index is 1030. The number of benzene rings is 3. The molecule has 28 heavy (non-hydrogen) atoms. The van der Waals surface area contributed by atoms with Gasteiger partial charge < -0.3 is 10.0 Å². The number of rotatable bonds is 5. The molecule has 0 radical (unpaired) electrons. The smallest absolute Gasteiger partial charge is 0.264 e. The standard InChI is InChI=1S/C23H18BrNO3/c24-18-12-10-16(11-13-18)15-25-20-9-5-4-8-19(20)23(28,22(25)27)14-21(26)17-6-2-1-3-7-17/h1-13,28H,14-15H2/t23-/m0/s1. The molecule has 140 valence electrons. The maximum atomic E-state index is 13.2. The van der Waals surface area contributed by atoms with Gasteiger partial charge in [-0.25, -0.2) is 0 Å². The van der Waals surface area contributed by atoms with E-state index in [1.807, 2.05) is 36.4 Å². The Kier molecular flexibility index (Phi) is 4.87. The van der Waals surface area contributed by atoms with Crippen LogP contribution in [0.4, 0.5) is 5.69 Å². The minimum atomic E-state index is -1.86. The Hall–Kier alpha value is -2.76. The molecule has 0 fully saturated rings. The van der Waals surface area contributed by atoms with Gasteiger partial charge in [-0.1, -0.05) is 76.6 Å². The summed E-state index contributed by atoms with van der Waals surface area (Å²) in [7, 11) is 0. The van der Waals surface area contributed by atoms with Crippen LogP contribution in [0.25, 0.3) is 0 Å². The highest BCUT2D eigenvalue weighted by molar-refractivity contribution is 9.10. The lowest BCUT2D eigenvalue weighted by Gasteiger charge is -2.23. The molecular formula is C23H18BrNO3. The van der Waals surface area contributed by atoms with E-state index in [-0.39, 0.29) is 12.2 Å². The zero-order chi connectivity index (χ0) is 19.7. The van der Waals surface area contributed by atoms with E-state index in [4.69, 9.17) is 0 Å². The summed E-state index contributed by atoms with van der Waals surface area (Å²) in [6.07, 6.45) is -0.288. The molecule has 1 aliphatic heterocycles. The van der Waals surface area contributed by atoms with Gasteiger partial charge in [0.05, 0.1) is 18.7 Å². The highest BCUT2D eigenvalue weighted by atomic mass is 79.9. The molecule has 1 atom stereocenters. The molecular weight excluding hydrogens is 418 g/mol. The van der Waals surface area contributed by atoms with Crippen molar-refractivity contribution in [3.63, 3.8) is 0 Å². The fourth-order valence-corrected chi connectivity index (χ4v) is 3.83. The number of carbonyl (C=O) groups excluding carboxylic acids is 2. The van der Waals surface area contributed by atoms with Crippen LogP contribution in [0.2, 0.25) is 0 Å². The number of anilines is 1. The Morgan fingerprint density at radius 2 is 1.57 bits per heavy atom. The number of hydrogen-bond acceptors (Lipinski definition) is 3. The van der Waals surface area contributed by atoms with Crippen LogP contribution in [-0.2, 0) is 16.9 Å². The van der Waals surface area contributed by atoms with E-state index in [1.165, 1.54) is 0 Å². The van der Waals surface area contributed by atoms with Gasteiger partial charge in [0.1, 0.15) is 0 Å². The highest BCUT2D eigenvalue weighted by Gasteiger charge is 2.50. The highest BCUT2D eigenvalue weighted by Crippen LogP contribution is 2.43. The van der Waals surface area contributed by atoms with Crippen molar-refractivity contribution in [3.05, 3.63) is 100 Å². The van der Waals surface area contributed by atoms with Crippen molar-refractivity contribution in [1.29, 1.82) is 0 Å². The molecule has 3 aromatic carbocycles. The number of aliphatic hydroxyl groups is 1. The third-order valence-electron chi connectivity index (χ3n) is 5.01. The van der Waals surface area contributed by atoms with Crippen LogP contribution in [0.1, 0.15) is 27.9 Å². The molecule has 1 N–H and O–H groups in total. The number of amides is 1. The van der Waals surface area contributed by atoms with Crippen molar-refractivity contribution in [2.75, 3.05) is 4.90 Å². The molecule has 1 heterocycles. The zero-order valence-corrected chi connectivity index (χ0v) is 16.6. The molecule has 0 saturated heterocycles. The minimum Gasteiger partial charge on any atom is -0.375 e. The summed E-state index contributed by atoms with van der Waals surface area (Å²) in [5.41, 5.74) is 0.663. The number of hydrogen-bond donors (Lipinski definition) is 1. The van der Waals surface area contributed by atoms with Gasteiger partial charge in [-0.2, -0.15) is 0 Å². The lowest BCUT2D eigenvalue weighted by atomic mass is 9.88. The quantitative estimate of drug-likeness (QED) is 0.601. The average Bonchev–Trinajstić information content (AvgIpc) is 2.92. The van der Waals surface area contributed by atoms with Crippen LogP contribution in [-0.4, -0.2) is 16.8 Å². The Balaban J connectivity index is 1.68. The number of carbonyl (C=O) groups is 2. The summed E-state index contributed by atoms with van der Waals surface area (Å²) < 4.78 is 0.953. The van der Waals surface area contributed by atoms with E-state index in [2.05, 4.69) is 15.9 Å². The predicted octanol–water partition coefficient (Wildman–Crippen LogP) is 4.46. The number of Topliss-reactive ketones (excluding diaryl/α,β-unsaturated/α-hetero) is 1. The van der Waals surface area contributed by atoms with Gasteiger partial charge in [-0.15, -0.1) is 0 Å². The number of fused-ring (bicyclic) bond motifs is 1. The van der Waals surface area contributed by atoms with E-state index in [0.29, 0.717) is 23.4 Å². The van der Waals surface area contributed by atoms with Gasteiger partial charge in [0, 0.05) is 15.6 Å². The fourth-order valence-electron chi connectivity index (χ4n) is 3.57. The predicted molar refractivity (Wildman–Crippen MR) is 111 cm³/mol. The number of halogens is 1. The lowest BCUT2D eigenvalue weighted by molar-refractivity contribution is -0.136. The van der Waals surface area contributed by atoms with Crippen molar-refractivity contribution in [2.24, 2.45) is 0 Å². The fraction of sp³-hybridized carbons (Fsp3) is 0.130. The van der Waals surface area contributed by atoms with Gasteiger partial charge in [-0.05, 0) is 23.8 Å². The van der Waals surface area contributed by atoms with Gasteiger partial charge in [0.25, 0.3) is 5.91 Å². The van der Waals surface area contributed by atoms with Crippen molar-refractivity contribution >= 4 is 33.3 Å². The van der Waals surface area contributed by atoms with E-state index >= 15 is 0 Å². The van der Waals surface area contributed by atoms with Crippen molar-refractivity contribution in [1.82, 2.24) is 0 Å². The number of para-hydroxylation sites is 1. The maximum Gasteiger partial charge on any atom is 0.264 e. The van der Waals surface area contributed by atoms with E-state index in [9.17, 15) is 14.7 Å². The average molecular weight is 436 g/mol. The third kappa shape index (κ3) is 3.28. The van der Waals surface area contributed by atoms with Crippen LogP contribution in [0.15, 0.2) is 83.3 Å². The number of nitrogens with zero attached hydrogens (tertiary/aromatic N) is 1.